The normalized spacial score (nSPS) is 30.6. The Morgan fingerprint density at radius 1 is 0.969 bits per heavy atom. The maximum absolute atomic E-state index is 12.9. The molecule has 0 radical (unpaired) electrons. The summed E-state index contributed by atoms with van der Waals surface area (Å²) in [6.07, 6.45) is 0.825. The predicted octanol–water partition coefficient (Wildman–Crippen LogP) is 3.10. The number of hydrogen-bond donors (Lipinski definition) is 1. The first-order chi connectivity index (χ1) is 15.4. The van der Waals surface area contributed by atoms with Crippen LogP contribution in [0.15, 0.2) is 42.5 Å². The van der Waals surface area contributed by atoms with Crippen LogP contribution in [0.2, 0.25) is 0 Å². The number of fused-ring (bicyclic) bond motifs is 6. The Bertz CT molecular complexity index is 1100. The van der Waals surface area contributed by atoms with Gasteiger partial charge in [0, 0.05) is 20.7 Å². The fraction of sp³-hybridized carbons (Fsp3) is 0.391. The molecule has 2 aromatic rings. The molecule has 0 spiro atoms. The van der Waals surface area contributed by atoms with Crippen LogP contribution < -0.4 is 5.32 Å². The van der Waals surface area contributed by atoms with Crippen LogP contribution in [-0.2, 0) is 23.9 Å². The van der Waals surface area contributed by atoms with Crippen LogP contribution in [-0.4, -0.2) is 51.4 Å². The molecule has 7 nitrogen and oxygen atoms in total. The van der Waals surface area contributed by atoms with Crippen molar-refractivity contribution in [2.75, 3.05) is 18.5 Å². The van der Waals surface area contributed by atoms with Crippen LogP contribution in [0, 0.1) is 23.7 Å². The summed E-state index contributed by atoms with van der Waals surface area (Å²) < 4.78 is 5.06. The lowest BCUT2D eigenvalue weighted by atomic mass is 9.81. The summed E-state index contributed by atoms with van der Waals surface area (Å²) in [4.78, 5) is 51.6. The molecule has 32 heavy (non-hydrogen) atoms. The summed E-state index contributed by atoms with van der Waals surface area (Å²) in [5.41, 5.74) is 0.617. The van der Waals surface area contributed by atoms with Gasteiger partial charge in [-0.25, -0.2) is 0 Å². The molecule has 1 aliphatic heterocycles. The number of imide groups is 1. The second-order valence-corrected chi connectivity index (χ2v) is 10.6. The molecule has 5 rings (SSSR count). The topological polar surface area (TPSA) is 92.8 Å². The van der Waals surface area contributed by atoms with Crippen molar-refractivity contribution < 1.29 is 23.9 Å². The minimum atomic E-state index is -0.780. The highest BCUT2D eigenvalue weighted by Gasteiger charge is 2.66. The van der Waals surface area contributed by atoms with Gasteiger partial charge in [0.05, 0.1) is 11.8 Å². The van der Waals surface area contributed by atoms with E-state index in [4.69, 9.17) is 4.74 Å². The number of ether oxygens (including phenoxy) is 1. The molecule has 2 aromatic carbocycles. The lowest BCUT2D eigenvalue weighted by Gasteiger charge is -2.28. The molecule has 1 saturated heterocycles. The van der Waals surface area contributed by atoms with Crippen molar-refractivity contribution in [3.05, 3.63) is 42.5 Å². The van der Waals surface area contributed by atoms with E-state index < -0.39 is 25.0 Å². The molecule has 3 aliphatic rings. The lowest BCUT2D eigenvalue weighted by Crippen LogP contribution is -2.38. The monoisotopic (exact) mass is 562 g/mol. The number of nitrogens with zero attached hydrogens (tertiary/aromatic N) is 1. The molecule has 1 N–H and O–H groups in total. The molecule has 1 heterocycles. The molecule has 9 heteroatoms. The average molecular weight is 564 g/mol. The van der Waals surface area contributed by atoms with E-state index in [1.54, 1.807) is 6.07 Å². The van der Waals surface area contributed by atoms with Gasteiger partial charge in [-0.05, 0) is 29.7 Å². The van der Waals surface area contributed by atoms with Gasteiger partial charge in [0.2, 0.25) is 11.8 Å². The number of hydrogen-bond acceptors (Lipinski definition) is 5. The van der Waals surface area contributed by atoms with E-state index >= 15 is 0 Å². The molecule has 3 fully saturated rings. The van der Waals surface area contributed by atoms with E-state index in [0.29, 0.717) is 5.69 Å². The molecule has 2 saturated carbocycles. The van der Waals surface area contributed by atoms with Crippen LogP contribution in [0.1, 0.15) is 6.42 Å². The lowest BCUT2D eigenvalue weighted by molar-refractivity contribution is -0.154. The summed E-state index contributed by atoms with van der Waals surface area (Å²) in [5.74, 6) is -2.49. The van der Waals surface area contributed by atoms with Crippen LogP contribution in [0.25, 0.3) is 10.8 Å². The zero-order valence-electron chi connectivity index (χ0n) is 16.9. The molecule has 166 valence electrons. The molecule has 3 amide bonds. The Labute approximate surface area is 201 Å². The van der Waals surface area contributed by atoms with E-state index in [1.807, 2.05) is 36.4 Å². The van der Waals surface area contributed by atoms with Gasteiger partial charge < -0.3 is 10.1 Å². The number of anilines is 1. The number of carbonyl (C=O) groups excluding carboxylic acids is 4. The Balaban J connectivity index is 1.18. The van der Waals surface area contributed by atoms with Gasteiger partial charge in [0.25, 0.3) is 5.91 Å². The summed E-state index contributed by atoms with van der Waals surface area (Å²) in [7, 11) is 0. The van der Waals surface area contributed by atoms with Gasteiger partial charge in [-0.3, -0.25) is 24.1 Å². The highest BCUT2D eigenvalue weighted by atomic mass is 79.9. The van der Waals surface area contributed by atoms with Gasteiger partial charge in [0.15, 0.2) is 6.61 Å². The van der Waals surface area contributed by atoms with Crippen molar-refractivity contribution in [2.45, 2.75) is 16.1 Å². The Morgan fingerprint density at radius 3 is 2.28 bits per heavy atom. The largest absolute Gasteiger partial charge is 0.454 e. The third kappa shape index (κ3) is 3.46. The minimum absolute atomic E-state index is 0.0818. The van der Waals surface area contributed by atoms with Crippen LogP contribution in [0.4, 0.5) is 5.69 Å². The first kappa shape index (κ1) is 21.6. The molecule has 2 bridgehead atoms. The fourth-order valence-electron chi connectivity index (χ4n) is 5.41. The number of rotatable bonds is 5. The zero-order chi connectivity index (χ0) is 22.6. The maximum atomic E-state index is 12.9. The third-order valence-corrected chi connectivity index (χ3v) is 10.0. The summed E-state index contributed by atoms with van der Waals surface area (Å²) >= 11 is 7.27. The number of alkyl halides is 2. The van der Waals surface area contributed by atoms with E-state index in [1.165, 1.54) is 0 Å². The van der Waals surface area contributed by atoms with Crippen molar-refractivity contribution in [1.82, 2.24) is 4.90 Å². The van der Waals surface area contributed by atoms with Crippen molar-refractivity contribution in [3.8, 4) is 0 Å². The van der Waals surface area contributed by atoms with Crippen molar-refractivity contribution in [3.63, 3.8) is 0 Å². The molecular formula is C23H20Br2N2O5. The summed E-state index contributed by atoms with van der Waals surface area (Å²) in [5, 5.41) is 4.59. The first-order valence-electron chi connectivity index (χ1n) is 10.4. The molecule has 0 aromatic heterocycles. The molecule has 2 aliphatic carbocycles. The molecular weight excluding hydrogens is 544 g/mol. The van der Waals surface area contributed by atoms with Crippen LogP contribution in [0.5, 0.6) is 0 Å². The number of likely N-dealkylation sites (tertiary alicyclic amines) is 1. The summed E-state index contributed by atoms with van der Waals surface area (Å²) in [6, 6.07) is 13.1. The number of benzene rings is 2. The maximum Gasteiger partial charge on any atom is 0.326 e. The number of amides is 3. The second-order valence-electron chi connectivity index (χ2n) is 8.50. The fourth-order valence-corrected chi connectivity index (χ4v) is 7.28. The van der Waals surface area contributed by atoms with Gasteiger partial charge in [-0.15, -0.1) is 0 Å². The average Bonchev–Trinajstić information content (AvgIpc) is 3.39. The predicted molar refractivity (Wildman–Crippen MR) is 124 cm³/mol. The number of halogens is 2. The molecule has 6 atom stereocenters. The Hall–Kier alpha value is -2.26. The van der Waals surface area contributed by atoms with Crippen molar-refractivity contribution in [2.24, 2.45) is 23.7 Å². The van der Waals surface area contributed by atoms with Gasteiger partial charge in [0.1, 0.15) is 6.54 Å². The van der Waals surface area contributed by atoms with Crippen LogP contribution >= 0.6 is 31.9 Å². The quantitative estimate of drug-likeness (QED) is 0.343. The van der Waals surface area contributed by atoms with Crippen molar-refractivity contribution >= 4 is 72.0 Å². The van der Waals surface area contributed by atoms with Crippen LogP contribution in [0.3, 0.4) is 0 Å². The summed E-state index contributed by atoms with van der Waals surface area (Å²) in [6.45, 7) is -0.963. The first-order valence-corrected chi connectivity index (χ1v) is 12.3. The minimum Gasteiger partial charge on any atom is -0.454 e. The van der Waals surface area contributed by atoms with Gasteiger partial charge in [-0.2, -0.15) is 0 Å². The smallest absolute Gasteiger partial charge is 0.326 e. The molecule has 0 unspecified atom stereocenters. The SMILES string of the molecule is O=C(COC(=O)CN1C(=O)[C@@H]2[C@H]3C[C@@H]([C@H](Br)[C@@H]3Br)[C@@H]2C1=O)Nc1cccc2ccccc12. The Morgan fingerprint density at radius 2 is 1.59 bits per heavy atom. The second kappa shape index (κ2) is 8.26. The number of esters is 1. The van der Waals surface area contributed by atoms with Gasteiger partial charge in [-0.1, -0.05) is 68.3 Å². The number of carbonyl (C=O) groups is 4. The van der Waals surface area contributed by atoms with Crippen molar-refractivity contribution in [1.29, 1.82) is 0 Å². The van der Waals surface area contributed by atoms with Gasteiger partial charge >= 0.3 is 5.97 Å². The zero-order valence-corrected chi connectivity index (χ0v) is 20.0. The standard InChI is InChI=1S/C23H20Br2N2O5/c24-20-13-8-14(21(20)25)19-18(13)22(30)27(23(19)31)9-17(29)32-10-16(28)26-15-7-3-5-11-4-1-2-6-12(11)15/h1-7,13-14,18-21H,8-10H2,(H,26,28)/t13-,14-,18-,19+,20-,21+/m1/s1. The Kier molecular flexibility index (Phi) is 5.57. The van der Waals surface area contributed by atoms with E-state index in [2.05, 4.69) is 37.2 Å². The van der Waals surface area contributed by atoms with E-state index in [9.17, 15) is 19.2 Å². The number of nitrogens with one attached hydrogen (secondary N) is 1. The third-order valence-electron chi connectivity index (χ3n) is 6.79. The van der Waals surface area contributed by atoms with E-state index in [-0.39, 0.29) is 45.1 Å². The highest BCUT2D eigenvalue weighted by Crippen LogP contribution is 2.60. The van der Waals surface area contributed by atoms with E-state index in [0.717, 1.165) is 22.1 Å². The highest BCUT2D eigenvalue weighted by molar-refractivity contribution is 9.12.